The normalized spacial score (nSPS) is 20.9. The highest BCUT2D eigenvalue weighted by atomic mass is 32.2. The minimum absolute atomic E-state index is 0.150. The van der Waals surface area contributed by atoms with Crippen molar-refractivity contribution in [3.63, 3.8) is 0 Å². The summed E-state index contributed by atoms with van der Waals surface area (Å²) in [5, 5.41) is 9.07. The lowest BCUT2D eigenvalue weighted by molar-refractivity contribution is -0.137. The van der Waals surface area contributed by atoms with Crippen LogP contribution in [0.3, 0.4) is 0 Å². The van der Waals surface area contributed by atoms with Crippen LogP contribution in [0.4, 0.5) is 0 Å². The second kappa shape index (κ2) is 7.15. The van der Waals surface area contributed by atoms with Crippen molar-refractivity contribution in [1.82, 2.24) is 0 Å². The van der Waals surface area contributed by atoms with Gasteiger partial charge in [-0.2, -0.15) is 0 Å². The summed E-state index contributed by atoms with van der Waals surface area (Å²) in [7, 11) is 0. The van der Waals surface area contributed by atoms with Gasteiger partial charge in [0, 0.05) is 0 Å². The summed E-state index contributed by atoms with van der Waals surface area (Å²) in [6.07, 6.45) is 8.34. The molecule has 0 aliphatic heterocycles. The van der Waals surface area contributed by atoms with E-state index in [4.69, 9.17) is 0 Å². The first-order valence-electron chi connectivity index (χ1n) is 6.10. The van der Waals surface area contributed by atoms with Crippen LogP contribution in [0.2, 0.25) is 0 Å². The zero-order chi connectivity index (χ0) is 11.1. The van der Waals surface area contributed by atoms with Crippen molar-refractivity contribution in [1.29, 1.82) is 0 Å². The predicted octanol–water partition coefficient (Wildman–Crippen LogP) is 3.55. The number of thioether (sulfide) groups is 1. The summed E-state index contributed by atoms with van der Waals surface area (Å²) in [5.41, 5.74) is 0. The van der Waals surface area contributed by atoms with Crippen LogP contribution in [0.15, 0.2) is 0 Å². The lowest BCUT2D eigenvalue weighted by Gasteiger charge is -2.21. The summed E-state index contributed by atoms with van der Waals surface area (Å²) >= 11 is 1.65. The number of rotatable bonds is 5. The number of carboxylic acid groups (broad SMARTS) is 1. The van der Waals surface area contributed by atoms with Crippen molar-refractivity contribution in [3.05, 3.63) is 0 Å². The number of carboxylic acids is 1. The molecule has 1 aliphatic carbocycles. The molecule has 0 amide bonds. The van der Waals surface area contributed by atoms with Crippen molar-refractivity contribution < 1.29 is 9.90 Å². The molecule has 1 N–H and O–H groups in total. The summed E-state index contributed by atoms with van der Waals surface area (Å²) in [5.74, 6) is 0.801. The number of hydrogen-bond acceptors (Lipinski definition) is 2. The standard InChI is InChI=1S/C12H22O2S/c1-2-9-15-11(12(13)14)10-7-5-3-4-6-8-10/h10-11H,2-9H2,1H3,(H,13,14). The van der Waals surface area contributed by atoms with Gasteiger partial charge in [-0.05, 0) is 30.9 Å². The molecule has 88 valence electrons. The molecule has 1 saturated carbocycles. The van der Waals surface area contributed by atoms with Crippen LogP contribution < -0.4 is 0 Å². The van der Waals surface area contributed by atoms with E-state index in [9.17, 15) is 9.90 Å². The highest BCUT2D eigenvalue weighted by Gasteiger charge is 2.28. The Bertz CT molecular complexity index is 186. The Morgan fingerprint density at radius 3 is 2.40 bits per heavy atom. The number of aliphatic carboxylic acids is 1. The molecule has 1 aliphatic rings. The molecule has 0 aromatic rings. The Hall–Kier alpha value is -0.180. The van der Waals surface area contributed by atoms with Gasteiger partial charge in [-0.25, -0.2) is 0 Å². The van der Waals surface area contributed by atoms with Gasteiger partial charge in [0.05, 0.1) is 0 Å². The zero-order valence-corrected chi connectivity index (χ0v) is 10.4. The maximum atomic E-state index is 11.2. The molecule has 0 spiro atoms. The maximum Gasteiger partial charge on any atom is 0.316 e. The highest BCUT2D eigenvalue weighted by Crippen LogP contribution is 2.32. The van der Waals surface area contributed by atoms with E-state index in [1.165, 1.54) is 25.7 Å². The van der Waals surface area contributed by atoms with Gasteiger partial charge in [-0.1, -0.05) is 32.6 Å². The van der Waals surface area contributed by atoms with Crippen LogP contribution in [-0.4, -0.2) is 22.1 Å². The lowest BCUT2D eigenvalue weighted by atomic mass is 9.96. The molecule has 15 heavy (non-hydrogen) atoms. The molecule has 0 aromatic heterocycles. The second-order valence-corrected chi connectivity index (χ2v) is 5.63. The zero-order valence-electron chi connectivity index (χ0n) is 9.58. The summed E-state index contributed by atoms with van der Waals surface area (Å²) in [4.78, 5) is 11.2. The molecule has 0 bridgehead atoms. The Morgan fingerprint density at radius 2 is 1.93 bits per heavy atom. The molecule has 0 radical (unpaired) electrons. The lowest BCUT2D eigenvalue weighted by Crippen LogP contribution is -2.26. The van der Waals surface area contributed by atoms with Crippen LogP contribution in [0.25, 0.3) is 0 Å². The third-order valence-electron chi connectivity index (χ3n) is 3.07. The average Bonchev–Trinajstić information content (AvgIpc) is 2.47. The molecule has 3 heteroatoms. The Kier molecular flexibility index (Phi) is 6.15. The first kappa shape index (κ1) is 12.9. The van der Waals surface area contributed by atoms with Gasteiger partial charge >= 0.3 is 5.97 Å². The van der Waals surface area contributed by atoms with Gasteiger partial charge in [0.2, 0.25) is 0 Å². The fourth-order valence-electron chi connectivity index (χ4n) is 2.27. The van der Waals surface area contributed by atoms with Gasteiger partial charge in [-0.15, -0.1) is 11.8 Å². The SMILES string of the molecule is CCCSC(C(=O)O)C1CCCCCC1. The van der Waals surface area contributed by atoms with Gasteiger partial charge in [0.15, 0.2) is 0 Å². The molecule has 0 saturated heterocycles. The number of hydrogen-bond donors (Lipinski definition) is 1. The fraction of sp³-hybridized carbons (Fsp3) is 0.917. The molecule has 1 rings (SSSR count). The first-order chi connectivity index (χ1) is 7.25. The van der Waals surface area contributed by atoms with Crippen molar-refractivity contribution >= 4 is 17.7 Å². The molecule has 2 nitrogen and oxygen atoms in total. The van der Waals surface area contributed by atoms with E-state index in [0.29, 0.717) is 5.92 Å². The quantitative estimate of drug-likeness (QED) is 0.734. The van der Waals surface area contributed by atoms with E-state index in [1.807, 2.05) is 0 Å². The van der Waals surface area contributed by atoms with E-state index in [0.717, 1.165) is 25.0 Å². The molecular weight excluding hydrogens is 208 g/mol. The summed E-state index contributed by atoms with van der Waals surface area (Å²) < 4.78 is 0. The summed E-state index contributed by atoms with van der Waals surface area (Å²) in [6.45, 7) is 2.11. The van der Waals surface area contributed by atoms with E-state index in [-0.39, 0.29) is 5.25 Å². The van der Waals surface area contributed by atoms with Crippen LogP contribution in [-0.2, 0) is 4.79 Å². The molecule has 1 atom stereocenters. The van der Waals surface area contributed by atoms with Crippen molar-refractivity contribution in [2.24, 2.45) is 5.92 Å². The third kappa shape index (κ3) is 4.45. The topological polar surface area (TPSA) is 37.3 Å². The monoisotopic (exact) mass is 230 g/mol. The second-order valence-electron chi connectivity index (χ2n) is 4.38. The van der Waals surface area contributed by atoms with E-state index in [2.05, 4.69) is 6.92 Å². The van der Waals surface area contributed by atoms with E-state index >= 15 is 0 Å². The Balaban J connectivity index is 2.48. The molecule has 1 unspecified atom stereocenters. The molecular formula is C12H22O2S. The van der Waals surface area contributed by atoms with Crippen molar-refractivity contribution in [3.8, 4) is 0 Å². The van der Waals surface area contributed by atoms with Crippen LogP contribution in [0.5, 0.6) is 0 Å². The smallest absolute Gasteiger partial charge is 0.316 e. The fourth-order valence-corrected chi connectivity index (χ4v) is 3.44. The predicted molar refractivity (Wildman–Crippen MR) is 65.4 cm³/mol. The Labute approximate surface area is 96.8 Å². The van der Waals surface area contributed by atoms with Gasteiger partial charge in [0.25, 0.3) is 0 Å². The molecule has 0 heterocycles. The minimum atomic E-state index is -0.597. The maximum absolute atomic E-state index is 11.2. The first-order valence-corrected chi connectivity index (χ1v) is 7.15. The van der Waals surface area contributed by atoms with Crippen LogP contribution >= 0.6 is 11.8 Å². The molecule has 1 fully saturated rings. The molecule has 0 aromatic carbocycles. The summed E-state index contributed by atoms with van der Waals surface area (Å²) in [6, 6.07) is 0. The number of carbonyl (C=O) groups is 1. The van der Waals surface area contributed by atoms with Gasteiger partial charge in [-0.3, -0.25) is 4.79 Å². The highest BCUT2D eigenvalue weighted by molar-refractivity contribution is 8.00. The third-order valence-corrected chi connectivity index (χ3v) is 4.66. The average molecular weight is 230 g/mol. The van der Waals surface area contributed by atoms with Crippen LogP contribution in [0.1, 0.15) is 51.9 Å². The van der Waals surface area contributed by atoms with Crippen molar-refractivity contribution in [2.75, 3.05) is 5.75 Å². The van der Waals surface area contributed by atoms with E-state index < -0.39 is 5.97 Å². The largest absolute Gasteiger partial charge is 0.480 e. The van der Waals surface area contributed by atoms with Gasteiger partial charge in [0.1, 0.15) is 5.25 Å². The van der Waals surface area contributed by atoms with Gasteiger partial charge < -0.3 is 5.11 Å². The van der Waals surface area contributed by atoms with E-state index in [1.54, 1.807) is 11.8 Å². The van der Waals surface area contributed by atoms with Crippen molar-refractivity contribution in [2.45, 2.75) is 57.1 Å². The Morgan fingerprint density at radius 1 is 1.33 bits per heavy atom. The minimum Gasteiger partial charge on any atom is -0.480 e. The van der Waals surface area contributed by atoms with Crippen LogP contribution in [0, 0.1) is 5.92 Å².